The van der Waals surface area contributed by atoms with Crippen molar-refractivity contribution >= 4 is 24.0 Å². The second-order valence-corrected chi connectivity index (χ2v) is 22.9. The number of fused-ring (bicyclic) bond motifs is 7. The van der Waals surface area contributed by atoms with Crippen LogP contribution < -0.4 is 0 Å². The molecular weight excluding hydrogens is 869 g/mol. The van der Waals surface area contributed by atoms with Crippen LogP contribution in [0, 0.1) is 50.2 Å². The predicted octanol–water partition coefficient (Wildman–Crippen LogP) is 4.08. The zero-order valence-electron chi connectivity index (χ0n) is 40.0. The number of benzene rings is 1. The Kier molecular flexibility index (Phi) is 13.2. The second kappa shape index (κ2) is 17.7. The van der Waals surface area contributed by atoms with E-state index in [0.717, 1.165) is 44.4 Å². The van der Waals surface area contributed by atoms with Gasteiger partial charge in [-0.15, -0.1) is 0 Å². The first-order valence-corrected chi connectivity index (χ1v) is 24.0. The molecule has 0 spiro atoms. The van der Waals surface area contributed by atoms with Gasteiger partial charge in [0.15, 0.2) is 18.5 Å². The van der Waals surface area contributed by atoms with E-state index in [4.69, 9.17) is 28.4 Å². The maximum Gasteiger partial charge on any atom is 0.337 e. The number of allylic oxidation sites excluding steroid dienone is 2. The third-order valence-corrected chi connectivity index (χ3v) is 18.5. The van der Waals surface area contributed by atoms with Crippen LogP contribution in [0.25, 0.3) is 6.08 Å². The maximum absolute atomic E-state index is 15.1. The molecular formula is C51H72O16. The molecule has 1 aromatic carbocycles. The molecule has 2 aliphatic heterocycles. The van der Waals surface area contributed by atoms with Gasteiger partial charge in [0, 0.05) is 6.08 Å². The number of hydrogen-bond donors (Lipinski definition) is 7. The molecule has 372 valence electrons. The lowest BCUT2D eigenvalue weighted by atomic mass is 9.33. The van der Waals surface area contributed by atoms with Gasteiger partial charge in [0.05, 0.1) is 25.9 Å². The van der Waals surface area contributed by atoms with Gasteiger partial charge < -0.3 is 64.2 Å². The van der Waals surface area contributed by atoms with Crippen molar-refractivity contribution in [3.63, 3.8) is 0 Å². The van der Waals surface area contributed by atoms with Crippen LogP contribution in [-0.4, -0.2) is 135 Å². The van der Waals surface area contributed by atoms with E-state index in [1.807, 2.05) is 0 Å². The highest BCUT2D eigenvalue weighted by Gasteiger charge is 2.72. The maximum atomic E-state index is 15.1. The van der Waals surface area contributed by atoms with Crippen molar-refractivity contribution < 1.29 is 78.6 Å². The number of aromatic hydroxyl groups is 1. The van der Waals surface area contributed by atoms with Crippen LogP contribution in [0.4, 0.5) is 0 Å². The van der Waals surface area contributed by atoms with Crippen molar-refractivity contribution in [1.82, 2.24) is 0 Å². The molecule has 16 heteroatoms. The summed E-state index contributed by atoms with van der Waals surface area (Å²) in [5.41, 5.74) is -1.29. The fraction of sp³-hybridized carbons (Fsp3) is 0.745. The summed E-state index contributed by atoms with van der Waals surface area (Å²) in [6.45, 7) is 15.3. The fourth-order valence-corrected chi connectivity index (χ4v) is 14.5. The number of ether oxygens (including phenoxy) is 6. The van der Waals surface area contributed by atoms with Crippen LogP contribution in [0.3, 0.4) is 0 Å². The van der Waals surface area contributed by atoms with Gasteiger partial charge in [-0.3, -0.25) is 4.79 Å². The first kappa shape index (κ1) is 50.0. The van der Waals surface area contributed by atoms with Crippen LogP contribution >= 0.6 is 0 Å². The first-order chi connectivity index (χ1) is 31.3. The van der Waals surface area contributed by atoms with Gasteiger partial charge in [0.2, 0.25) is 6.29 Å². The number of aliphatic hydroxyl groups is 6. The summed E-state index contributed by atoms with van der Waals surface area (Å²) < 4.78 is 34.6. The van der Waals surface area contributed by atoms with Crippen molar-refractivity contribution in [3.8, 4) is 5.75 Å². The van der Waals surface area contributed by atoms with Crippen LogP contribution in [0.2, 0.25) is 0 Å². The van der Waals surface area contributed by atoms with Crippen LogP contribution in [-0.2, 0) is 42.8 Å². The summed E-state index contributed by atoms with van der Waals surface area (Å²) in [5.74, 6) is -2.49. The van der Waals surface area contributed by atoms with Crippen LogP contribution in [0.15, 0.2) is 42.0 Å². The van der Waals surface area contributed by atoms with Gasteiger partial charge in [0.25, 0.3) is 0 Å². The number of methoxy groups -OCH3 is 1. The molecule has 7 aliphatic rings. The Labute approximate surface area is 392 Å². The van der Waals surface area contributed by atoms with E-state index in [9.17, 15) is 45.3 Å². The SMILES string of the molecule is COC(=O)C1OC(OC2CCC3(C)C(CCC4(C)C3CC=C3C5CC(C)(C)CCC5(C(=O)OC5OCC(O)C(O)C5OC(=O)C=Cc5ccc(O)cc5)C(O)CC34C)C2(C)C)C(O)C(O)C1O. The summed E-state index contributed by atoms with van der Waals surface area (Å²) >= 11 is 0. The monoisotopic (exact) mass is 940 g/mol. The Morgan fingerprint density at radius 1 is 0.776 bits per heavy atom. The van der Waals surface area contributed by atoms with E-state index in [0.29, 0.717) is 37.7 Å². The molecule has 0 amide bonds. The summed E-state index contributed by atoms with van der Waals surface area (Å²) in [6.07, 6.45) is -5.04. The number of carbonyl (C=O) groups is 3. The van der Waals surface area contributed by atoms with E-state index < -0.39 is 108 Å². The molecule has 8 rings (SSSR count). The third kappa shape index (κ3) is 8.17. The second-order valence-electron chi connectivity index (χ2n) is 22.9. The van der Waals surface area contributed by atoms with Crippen molar-refractivity contribution in [2.75, 3.05) is 13.7 Å². The molecule has 6 fully saturated rings. The minimum Gasteiger partial charge on any atom is -0.508 e. The molecule has 0 aromatic heterocycles. The van der Waals surface area contributed by atoms with Crippen molar-refractivity contribution in [2.45, 2.75) is 174 Å². The number of rotatable bonds is 8. The van der Waals surface area contributed by atoms with Gasteiger partial charge in [0.1, 0.15) is 41.7 Å². The summed E-state index contributed by atoms with van der Waals surface area (Å²) in [4.78, 5) is 40.6. The molecule has 0 radical (unpaired) electrons. The predicted molar refractivity (Wildman–Crippen MR) is 239 cm³/mol. The molecule has 0 bridgehead atoms. The number of esters is 3. The molecule has 2 saturated heterocycles. The zero-order valence-corrected chi connectivity index (χ0v) is 40.0. The van der Waals surface area contributed by atoms with Gasteiger partial charge in [-0.1, -0.05) is 72.2 Å². The normalized spacial score (nSPS) is 45.6. The Hall–Kier alpha value is -3.45. The fourth-order valence-electron chi connectivity index (χ4n) is 14.5. The molecule has 16 nitrogen and oxygen atoms in total. The first-order valence-electron chi connectivity index (χ1n) is 24.0. The quantitative estimate of drug-likeness (QED) is 0.0638. The van der Waals surface area contributed by atoms with Gasteiger partial charge in [-0.2, -0.15) is 0 Å². The van der Waals surface area contributed by atoms with E-state index in [1.165, 1.54) is 18.2 Å². The molecule has 1 aromatic rings. The molecule has 67 heavy (non-hydrogen) atoms. The standard InChI is InChI=1S/C51H72O16/c1-46(2)21-22-51(45(61)67-44-41(36(56)30(53)25-63-44)65-35(55)16-11-26-9-12-27(52)13-10-26)29(23-46)28-14-15-32-48(5)19-18-34(64-43-39(59)37(57)38(58)40(66-43)42(60)62-8)47(3,4)31(48)17-20-49(32,6)50(28,7)24-33(51)54/h9-14,16,29-34,36-41,43-44,52-54,56-59H,15,17-25H2,1-8H3. The number of phenolic OH excluding ortho intramolecular Hbond substituents is 1. The molecule has 4 saturated carbocycles. The lowest BCUT2D eigenvalue weighted by Gasteiger charge is -2.71. The number of aliphatic hydroxyl groups excluding tert-OH is 6. The highest BCUT2D eigenvalue weighted by Crippen LogP contribution is 2.76. The minimum absolute atomic E-state index is 0.0571. The molecule has 18 atom stereocenters. The van der Waals surface area contributed by atoms with Gasteiger partial charge in [-0.25, -0.2) is 9.59 Å². The minimum atomic E-state index is -1.69. The molecule has 18 unspecified atom stereocenters. The summed E-state index contributed by atoms with van der Waals surface area (Å²) in [7, 11) is 1.15. The van der Waals surface area contributed by atoms with E-state index >= 15 is 4.79 Å². The summed E-state index contributed by atoms with van der Waals surface area (Å²) in [6, 6.07) is 6.11. The lowest BCUT2D eigenvalue weighted by molar-refractivity contribution is -0.324. The number of carbonyl (C=O) groups excluding carboxylic acids is 3. The Morgan fingerprint density at radius 2 is 1.48 bits per heavy atom. The van der Waals surface area contributed by atoms with Crippen molar-refractivity contribution in [2.24, 2.45) is 50.2 Å². The molecule has 5 aliphatic carbocycles. The van der Waals surface area contributed by atoms with E-state index in [-0.39, 0.29) is 40.4 Å². The Morgan fingerprint density at radius 3 is 2.16 bits per heavy atom. The van der Waals surface area contributed by atoms with Crippen molar-refractivity contribution in [3.05, 3.63) is 47.6 Å². The average molecular weight is 941 g/mol. The van der Waals surface area contributed by atoms with E-state index in [1.54, 1.807) is 12.1 Å². The largest absolute Gasteiger partial charge is 0.508 e. The average Bonchev–Trinajstić information content (AvgIpc) is 3.26. The smallest absolute Gasteiger partial charge is 0.337 e. The Bertz CT molecular complexity index is 2100. The van der Waals surface area contributed by atoms with Crippen LogP contribution in [0.5, 0.6) is 5.75 Å². The molecule has 7 N–H and O–H groups in total. The van der Waals surface area contributed by atoms with Gasteiger partial charge >= 0.3 is 17.9 Å². The molecule has 2 heterocycles. The number of hydrogen-bond acceptors (Lipinski definition) is 16. The zero-order chi connectivity index (χ0) is 48.8. The van der Waals surface area contributed by atoms with Gasteiger partial charge in [-0.05, 0) is 126 Å². The highest BCUT2D eigenvalue weighted by atomic mass is 16.7. The third-order valence-electron chi connectivity index (χ3n) is 18.5. The van der Waals surface area contributed by atoms with Crippen molar-refractivity contribution in [1.29, 1.82) is 0 Å². The lowest BCUT2D eigenvalue weighted by Crippen LogP contribution is -2.68. The van der Waals surface area contributed by atoms with Crippen LogP contribution in [0.1, 0.15) is 112 Å². The summed E-state index contributed by atoms with van der Waals surface area (Å²) in [5, 5.41) is 76.2. The number of phenols is 1. The highest BCUT2D eigenvalue weighted by molar-refractivity contribution is 5.87. The topological polar surface area (TPSA) is 248 Å². The van der Waals surface area contributed by atoms with E-state index in [2.05, 4.69) is 54.5 Å². The Balaban J connectivity index is 1.05.